The van der Waals surface area contributed by atoms with E-state index in [9.17, 15) is 0 Å². The highest BCUT2D eigenvalue weighted by Gasteiger charge is 2.15. The van der Waals surface area contributed by atoms with E-state index in [2.05, 4.69) is 27.6 Å². The van der Waals surface area contributed by atoms with Gasteiger partial charge in [-0.2, -0.15) is 0 Å². The zero-order valence-electron chi connectivity index (χ0n) is 10.8. The molecule has 0 atom stereocenters. The minimum atomic E-state index is 0.499. The summed E-state index contributed by atoms with van der Waals surface area (Å²) in [5, 5.41) is 1.35. The van der Waals surface area contributed by atoms with E-state index < -0.39 is 0 Å². The average molecular weight is 452 g/mol. The maximum Gasteiger partial charge on any atom is 0.115 e. The molecule has 0 aliphatic rings. The molecule has 0 saturated carbocycles. The van der Waals surface area contributed by atoms with Gasteiger partial charge in [-0.1, -0.05) is 23.2 Å². The molecule has 0 aliphatic carbocycles. The van der Waals surface area contributed by atoms with Gasteiger partial charge in [0.1, 0.15) is 5.82 Å². The first-order chi connectivity index (χ1) is 10.1. The predicted octanol–water partition coefficient (Wildman–Crippen LogP) is 5.72. The summed E-state index contributed by atoms with van der Waals surface area (Å²) in [5.41, 5.74) is 2.71. The van der Waals surface area contributed by atoms with E-state index in [0.29, 0.717) is 22.3 Å². The van der Waals surface area contributed by atoms with Crippen molar-refractivity contribution in [3.8, 4) is 5.69 Å². The van der Waals surface area contributed by atoms with Crippen molar-refractivity contribution in [3.63, 3.8) is 0 Å². The van der Waals surface area contributed by atoms with E-state index in [-0.39, 0.29) is 0 Å². The summed E-state index contributed by atoms with van der Waals surface area (Å²) in [4.78, 5) is 4.64. The van der Waals surface area contributed by atoms with Gasteiger partial charge in [0.25, 0.3) is 0 Å². The Morgan fingerprint density at radius 1 is 1.10 bits per heavy atom. The third-order valence-corrected chi connectivity index (χ3v) is 4.55. The largest absolute Gasteiger partial charge is 0.295 e. The van der Waals surface area contributed by atoms with Gasteiger partial charge in [0.15, 0.2) is 0 Å². The quantitative estimate of drug-likeness (QED) is 0.368. The summed E-state index contributed by atoms with van der Waals surface area (Å²) in [7, 11) is 0. The summed E-state index contributed by atoms with van der Waals surface area (Å²) in [6.07, 6.45) is 0.663. The molecule has 2 nitrogen and oxygen atoms in total. The molecule has 0 fully saturated rings. The highest BCUT2D eigenvalue weighted by Crippen LogP contribution is 2.30. The summed E-state index contributed by atoms with van der Waals surface area (Å²) >= 11 is 20.7. The molecular weight excluding hydrogens is 441 g/mol. The molecule has 6 heteroatoms. The third kappa shape index (κ3) is 3.02. The van der Waals surface area contributed by atoms with Crippen LogP contribution in [0.15, 0.2) is 36.4 Å². The maximum atomic E-state index is 6.41. The van der Waals surface area contributed by atoms with Crippen LogP contribution in [0.1, 0.15) is 5.82 Å². The van der Waals surface area contributed by atoms with Crippen LogP contribution in [0.3, 0.4) is 0 Å². The van der Waals surface area contributed by atoms with Crippen LogP contribution in [0, 0.1) is 3.57 Å². The molecule has 0 N–H and O–H groups in total. The van der Waals surface area contributed by atoms with Crippen molar-refractivity contribution in [2.45, 2.75) is 6.42 Å². The van der Waals surface area contributed by atoms with Gasteiger partial charge in [0.2, 0.25) is 0 Å². The standard InChI is InChI=1S/C15H10Cl3IN2/c16-6-5-15-20-12-3-1-9(17)7-14(12)21(15)13-4-2-10(19)8-11(13)18/h1-4,7-8H,5-6H2. The van der Waals surface area contributed by atoms with Crippen molar-refractivity contribution < 1.29 is 0 Å². The number of fused-ring (bicyclic) bond motifs is 1. The lowest BCUT2D eigenvalue weighted by molar-refractivity contribution is 0.912. The Balaban J connectivity index is 2.32. The number of halogens is 4. The molecule has 3 rings (SSSR count). The minimum absolute atomic E-state index is 0.499. The summed E-state index contributed by atoms with van der Waals surface area (Å²) in [6, 6.07) is 11.6. The van der Waals surface area contributed by atoms with Crippen molar-refractivity contribution in [2.75, 3.05) is 5.88 Å². The number of aromatic nitrogens is 2. The molecule has 3 aromatic rings. The van der Waals surface area contributed by atoms with Gasteiger partial charge in [-0.25, -0.2) is 4.98 Å². The fourth-order valence-corrected chi connectivity index (χ4v) is 3.56. The molecule has 0 unspecified atom stereocenters. The monoisotopic (exact) mass is 450 g/mol. The van der Waals surface area contributed by atoms with Gasteiger partial charge in [-0.3, -0.25) is 4.57 Å². The highest BCUT2D eigenvalue weighted by atomic mass is 127. The van der Waals surface area contributed by atoms with E-state index in [4.69, 9.17) is 34.8 Å². The lowest BCUT2D eigenvalue weighted by atomic mass is 10.2. The first kappa shape index (κ1) is 15.4. The van der Waals surface area contributed by atoms with E-state index in [0.717, 1.165) is 26.1 Å². The Labute approximate surface area is 151 Å². The molecule has 1 aromatic heterocycles. The highest BCUT2D eigenvalue weighted by molar-refractivity contribution is 14.1. The Morgan fingerprint density at radius 3 is 2.62 bits per heavy atom. The molecule has 1 heterocycles. The fourth-order valence-electron chi connectivity index (χ4n) is 2.28. The van der Waals surface area contributed by atoms with Crippen LogP contribution in [0.25, 0.3) is 16.7 Å². The van der Waals surface area contributed by atoms with Crippen LogP contribution in [0.2, 0.25) is 10.0 Å². The number of aryl methyl sites for hydroxylation is 1. The topological polar surface area (TPSA) is 17.8 Å². The first-order valence-corrected chi connectivity index (χ1v) is 8.65. The van der Waals surface area contributed by atoms with Gasteiger partial charge < -0.3 is 0 Å². The summed E-state index contributed by atoms with van der Waals surface area (Å²) in [5.74, 6) is 1.38. The fraction of sp³-hybridized carbons (Fsp3) is 0.133. The van der Waals surface area contributed by atoms with Crippen LogP contribution in [0.5, 0.6) is 0 Å². The lowest BCUT2D eigenvalue weighted by Crippen LogP contribution is -2.03. The van der Waals surface area contributed by atoms with Crippen molar-refractivity contribution in [2.24, 2.45) is 0 Å². The molecule has 0 amide bonds. The maximum absolute atomic E-state index is 6.41. The van der Waals surface area contributed by atoms with Crippen LogP contribution in [-0.4, -0.2) is 15.4 Å². The Morgan fingerprint density at radius 2 is 1.90 bits per heavy atom. The second kappa shape index (κ2) is 6.32. The molecule has 0 aliphatic heterocycles. The number of benzene rings is 2. The Hall–Kier alpha value is -0.490. The molecular formula is C15H10Cl3IN2. The van der Waals surface area contributed by atoms with Crippen molar-refractivity contribution in [3.05, 3.63) is 55.8 Å². The third-order valence-electron chi connectivity index (χ3n) is 3.15. The van der Waals surface area contributed by atoms with E-state index in [1.165, 1.54) is 0 Å². The number of alkyl halides is 1. The molecule has 0 bridgehead atoms. The van der Waals surface area contributed by atoms with E-state index in [1.807, 2.05) is 41.0 Å². The van der Waals surface area contributed by atoms with Crippen molar-refractivity contribution >= 4 is 68.4 Å². The van der Waals surface area contributed by atoms with Crippen LogP contribution in [0.4, 0.5) is 0 Å². The zero-order valence-corrected chi connectivity index (χ0v) is 15.2. The average Bonchev–Trinajstić information content (AvgIpc) is 2.77. The Kier molecular flexibility index (Phi) is 4.64. The lowest BCUT2D eigenvalue weighted by Gasteiger charge is -2.11. The minimum Gasteiger partial charge on any atom is -0.295 e. The second-order valence-electron chi connectivity index (χ2n) is 4.53. The van der Waals surface area contributed by atoms with Gasteiger partial charge >= 0.3 is 0 Å². The molecule has 0 radical (unpaired) electrons. The number of rotatable bonds is 3. The van der Waals surface area contributed by atoms with Crippen LogP contribution in [-0.2, 0) is 6.42 Å². The molecule has 108 valence electrons. The van der Waals surface area contributed by atoms with E-state index in [1.54, 1.807) is 0 Å². The molecule has 0 saturated heterocycles. The first-order valence-electron chi connectivity index (χ1n) is 6.28. The summed E-state index contributed by atoms with van der Waals surface area (Å²) in [6.45, 7) is 0. The molecule has 21 heavy (non-hydrogen) atoms. The number of hydrogen-bond donors (Lipinski definition) is 0. The van der Waals surface area contributed by atoms with Crippen molar-refractivity contribution in [1.29, 1.82) is 0 Å². The zero-order chi connectivity index (χ0) is 15.0. The van der Waals surface area contributed by atoms with Crippen LogP contribution >= 0.6 is 57.4 Å². The molecule has 0 spiro atoms. The smallest absolute Gasteiger partial charge is 0.115 e. The molecule has 2 aromatic carbocycles. The van der Waals surface area contributed by atoms with Gasteiger partial charge in [-0.05, 0) is 59.0 Å². The summed E-state index contributed by atoms with van der Waals surface area (Å²) < 4.78 is 3.12. The van der Waals surface area contributed by atoms with Gasteiger partial charge in [0, 0.05) is 20.9 Å². The van der Waals surface area contributed by atoms with Gasteiger partial charge in [0.05, 0.1) is 21.7 Å². The predicted molar refractivity (Wildman–Crippen MR) is 98.2 cm³/mol. The normalized spacial score (nSPS) is 11.2. The van der Waals surface area contributed by atoms with Gasteiger partial charge in [-0.15, -0.1) is 11.6 Å². The van der Waals surface area contributed by atoms with E-state index >= 15 is 0 Å². The van der Waals surface area contributed by atoms with Crippen LogP contribution < -0.4 is 0 Å². The second-order valence-corrected chi connectivity index (χ2v) is 7.00. The Bertz CT molecular complexity index is 814. The number of hydrogen-bond acceptors (Lipinski definition) is 1. The SMILES string of the molecule is ClCCc1nc2ccc(Cl)cc2n1-c1ccc(I)cc1Cl. The number of nitrogens with zero attached hydrogens (tertiary/aromatic N) is 2. The number of imidazole rings is 1. The van der Waals surface area contributed by atoms with Crippen molar-refractivity contribution in [1.82, 2.24) is 9.55 Å².